The molecule has 0 unspecified atom stereocenters. The Morgan fingerprint density at radius 3 is 1.36 bits per heavy atom. The van der Waals surface area contributed by atoms with Crippen LogP contribution >= 0.6 is 0 Å². The maximum absolute atomic E-state index is 11.1. The van der Waals surface area contributed by atoms with Gasteiger partial charge in [0.15, 0.2) is 0 Å². The fourth-order valence-electron chi connectivity index (χ4n) is 8.26. The number of benzene rings is 7. The SMILES string of the molecule is N#Cc1ccccc1-c1ccc2c3ccccc3n(-c3cc(-c4ccncc4)c(-n4c5ccccc5c5ccc(-c6ccccc6C#N)cc54)cc3C#N)c2c1. The molecule has 0 radical (unpaired) electrons. The smallest absolute Gasteiger partial charge is 0.101 e. The molecule has 0 saturated heterocycles. The monoisotopic (exact) mass is 712 g/mol. The number of fused-ring (bicyclic) bond motifs is 6. The molecule has 0 atom stereocenters. The van der Waals surface area contributed by atoms with Gasteiger partial charge in [0.05, 0.1) is 62.3 Å². The van der Waals surface area contributed by atoms with E-state index in [-0.39, 0.29) is 0 Å². The van der Waals surface area contributed by atoms with E-state index in [4.69, 9.17) is 0 Å². The largest absolute Gasteiger partial charge is 0.309 e. The summed E-state index contributed by atoms with van der Waals surface area (Å²) in [7, 11) is 0. The summed E-state index contributed by atoms with van der Waals surface area (Å²) >= 11 is 0. The van der Waals surface area contributed by atoms with Crippen LogP contribution in [0.25, 0.3) is 88.4 Å². The number of hydrogen-bond acceptors (Lipinski definition) is 4. The summed E-state index contributed by atoms with van der Waals surface area (Å²) in [6.45, 7) is 0. The number of rotatable bonds is 5. The molecule has 0 aliphatic heterocycles. The first kappa shape index (κ1) is 32.4. The lowest BCUT2D eigenvalue weighted by Gasteiger charge is -2.19. The molecule has 0 saturated carbocycles. The summed E-state index contributed by atoms with van der Waals surface area (Å²) in [6, 6.07) is 60.0. The first-order valence-corrected chi connectivity index (χ1v) is 18.2. The van der Waals surface area contributed by atoms with Crippen molar-refractivity contribution in [2.24, 2.45) is 0 Å². The van der Waals surface area contributed by atoms with E-state index in [1.165, 1.54) is 0 Å². The van der Waals surface area contributed by atoms with Crippen molar-refractivity contribution in [3.05, 3.63) is 187 Å². The van der Waals surface area contributed by atoms with Crippen molar-refractivity contribution in [2.75, 3.05) is 0 Å². The van der Waals surface area contributed by atoms with Crippen molar-refractivity contribution in [3.63, 3.8) is 0 Å². The molecule has 258 valence electrons. The van der Waals surface area contributed by atoms with E-state index in [1.54, 1.807) is 12.4 Å². The van der Waals surface area contributed by atoms with Gasteiger partial charge in [-0.1, -0.05) is 97.1 Å². The Kier molecular flexibility index (Phi) is 7.53. The number of nitrogens with zero attached hydrogens (tertiary/aromatic N) is 6. The third-order valence-electron chi connectivity index (χ3n) is 10.8. The van der Waals surface area contributed by atoms with Gasteiger partial charge in [0, 0.05) is 39.5 Å². The van der Waals surface area contributed by atoms with E-state index in [0.717, 1.165) is 88.4 Å². The van der Waals surface area contributed by atoms with Crippen LogP contribution in [0.15, 0.2) is 170 Å². The zero-order valence-corrected chi connectivity index (χ0v) is 29.8. The summed E-state index contributed by atoms with van der Waals surface area (Å²) in [6.07, 6.45) is 3.58. The Balaban J connectivity index is 1.30. The van der Waals surface area contributed by atoms with E-state index in [1.807, 2.05) is 91.0 Å². The maximum atomic E-state index is 11.1. The van der Waals surface area contributed by atoms with Gasteiger partial charge in [-0.25, -0.2) is 0 Å². The van der Waals surface area contributed by atoms with Gasteiger partial charge in [-0.3, -0.25) is 4.98 Å². The van der Waals surface area contributed by atoms with Crippen molar-refractivity contribution in [1.29, 1.82) is 15.8 Å². The van der Waals surface area contributed by atoms with Gasteiger partial charge in [0.1, 0.15) is 6.07 Å². The lowest BCUT2D eigenvalue weighted by Crippen LogP contribution is -2.04. The molecule has 0 aliphatic rings. The Labute approximate surface area is 322 Å². The van der Waals surface area contributed by atoms with Crippen molar-refractivity contribution in [1.82, 2.24) is 14.1 Å². The highest BCUT2D eigenvalue weighted by Gasteiger charge is 2.22. The molecule has 0 bridgehead atoms. The zero-order valence-electron chi connectivity index (χ0n) is 29.8. The molecular formula is C50H28N6. The average molecular weight is 713 g/mol. The van der Waals surface area contributed by atoms with Crippen LogP contribution in [0.2, 0.25) is 0 Å². The first-order valence-electron chi connectivity index (χ1n) is 18.2. The number of pyridine rings is 1. The summed E-state index contributed by atoms with van der Waals surface area (Å²) < 4.78 is 4.42. The molecule has 6 nitrogen and oxygen atoms in total. The second kappa shape index (κ2) is 13.0. The third kappa shape index (κ3) is 4.97. The fraction of sp³-hybridized carbons (Fsp3) is 0. The van der Waals surface area contributed by atoms with E-state index in [2.05, 4.69) is 99.1 Å². The van der Waals surface area contributed by atoms with Gasteiger partial charge < -0.3 is 9.13 Å². The van der Waals surface area contributed by atoms with Crippen molar-refractivity contribution in [2.45, 2.75) is 0 Å². The highest BCUT2D eigenvalue weighted by Crippen LogP contribution is 2.42. The summed E-state index contributed by atoms with van der Waals surface area (Å²) in [5, 5.41) is 35.3. The van der Waals surface area contributed by atoms with Gasteiger partial charge in [-0.2, -0.15) is 15.8 Å². The molecule has 3 heterocycles. The van der Waals surface area contributed by atoms with Crippen molar-refractivity contribution < 1.29 is 0 Å². The normalized spacial score (nSPS) is 11.2. The highest BCUT2D eigenvalue weighted by molar-refractivity contribution is 6.12. The van der Waals surface area contributed by atoms with E-state index in [9.17, 15) is 15.8 Å². The first-order chi connectivity index (χ1) is 27.7. The zero-order chi connectivity index (χ0) is 37.8. The molecule has 0 fully saturated rings. The Hall–Kier alpha value is -8.24. The molecule has 3 aromatic heterocycles. The second-order valence-corrected chi connectivity index (χ2v) is 13.7. The molecule has 0 N–H and O–H groups in total. The molecular weight excluding hydrogens is 685 g/mol. The molecule has 7 aromatic carbocycles. The Morgan fingerprint density at radius 2 is 0.821 bits per heavy atom. The number of nitriles is 3. The summed E-state index contributed by atoms with van der Waals surface area (Å²) in [5.74, 6) is 0. The van der Waals surface area contributed by atoms with Gasteiger partial charge >= 0.3 is 0 Å². The van der Waals surface area contributed by atoms with Gasteiger partial charge in [0.2, 0.25) is 0 Å². The third-order valence-corrected chi connectivity index (χ3v) is 10.8. The minimum Gasteiger partial charge on any atom is -0.309 e. The second-order valence-electron chi connectivity index (χ2n) is 13.7. The molecule has 10 aromatic rings. The molecule has 0 amide bonds. The fourth-order valence-corrected chi connectivity index (χ4v) is 8.26. The van der Waals surface area contributed by atoms with Crippen LogP contribution in [0.4, 0.5) is 0 Å². The highest BCUT2D eigenvalue weighted by atomic mass is 15.0. The van der Waals surface area contributed by atoms with Gasteiger partial charge in [0.25, 0.3) is 0 Å². The molecule has 10 rings (SSSR count). The van der Waals surface area contributed by atoms with Crippen LogP contribution in [-0.2, 0) is 0 Å². The lowest BCUT2D eigenvalue weighted by atomic mass is 9.98. The molecule has 0 spiro atoms. The van der Waals surface area contributed by atoms with Crippen LogP contribution in [0, 0.1) is 34.0 Å². The van der Waals surface area contributed by atoms with Crippen LogP contribution in [0.5, 0.6) is 0 Å². The van der Waals surface area contributed by atoms with Crippen LogP contribution in [0.3, 0.4) is 0 Å². The average Bonchev–Trinajstić information content (AvgIpc) is 3.78. The molecule has 0 aliphatic carbocycles. The quantitative estimate of drug-likeness (QED) is 0.177. The van der Waals surface area contributed by atoms with Crippen LogP contribution < -0.4 is 0 Å². The van der Waals surface area contributed by atoms with Crippen LogP contribution in [-0.4, -0.2) is 14.1 Å². The van der Waals surface area contributed by atoms with Gasteiger partial charge in [-0.05, 0) is 88.5 Å². The van der Waals surface area contributed by atoms with E-state index >= 15 is 0 Å². The standard InChI is InChI=1S/C50H28N6/c51-29-35-9-1-3-11-38(35)33-17-19-42-40-13-5-7-15-45(40)55(48(42)25-33)47-28-44(32-21-23-54-24-22-32)50(27-37(47)31-53)56-46-16-8-6-14-41(46)43-20-18-34(26-49(43)56)39-12-4-2-10-36(39)30-52/h1-28H. The van der Waals surface area contributed by atoms with Crippen molar-refractivity contribution in [3.8, 4) is 63.0 Å². The number of para-hydroxylation sites is 2. The minimum atomic E-state index is 0.500. The van der Waals surface area contributed by atoms with Crippen molar-refractivity contribution >= 4 is 43.6 Å². The summed E-state index contributed by atoms with van der Waals surface area (Å²) in [5.41, 5.74) is 12.6. The predicted octanol–water partition coefficient (Wildman–Crippen LogP) is 11.9. The molecule has 6 heteroatoms. The number of hydrogen-bond donors (Lipinski definition) is 0. The maximum Gasteiger partial charge on any atom is 0.101 e. The Bertz CT molecular complexity index is 3350. The predicted molar refractivity (Wildman–Crippen MR) is 223 cm³/mol. The van der Waals surface area contributed by atoms with E-state index in [0.29, 0.717) is 16.7 Å². The Morgan fingerprint density at radius 1 is 0.357 bits per heavy atom. The van der Waals surface area contributed by atoms with E-state index < -0.39 is 0 Å². The number of aromatic nitrogens is 3. The topological polar surface area (TPSA) is 94.1 Å². The molecule has 56 heavy (non-hydrogen) atoms. The van der Waals surface area contributed by atoms with Gasteiger partial charge in [-0.15, -0.1) is 0 Å². The minimum absolute atomic E-state index is 0.500. The lowest BCUT2D eigenvalue weighted by molar-refractivity contribution is 1.13. The van der Waals surface area contributed by atoms with Crippen LogP contribution in [0.1, 0.15) is 16.7 Å². The summed E-state index contributed by atoms with van der Waals surface area (Å²) in [4.78, 5) is 4.35.